The maximum Gasteiger partial charge on any atom is 0.261 e. The zero-order valence-corrected chi connectivity index (χ0v) is 16.1. The topological polar surface area (TPSA) is 80.0 Å². The smallest absolute Gasteiger partial charge is 0.261 e. The van der Waals surface area contributed by atoms with Gasteiger partial charge in [-0.05, 0) is 31.5 Å². The van der Waals surface area contributed by atoms with Gasteiger partial charge in [0, 0.05) is 28.9 Å². The third-order valence-corrected chi connectivity index (χ3v) is 4.85. The Morgan fingerprint density at radius 1 is 1.08 bits per heavy atom. The summed E-state index contributed by atoms with van der Waals surface area (Å²) < 4.78 is 1.80. The summed E-state index contributed by atoms with van der Waals surface area (Å²) >= 11 is 13.7. The molecule has 2 N–H and O–H groups in total. The predicted molar refractivity (Wildman–Crippen MR) is 103 cm³/mol. The van der Waals surface area contributed by atoms with Gasteiger partial charge in [0.2, 0.25) is 11.9 Å². The van der Waals surface area contributed by atoms with Crippen molar-refractivity contribution in [2.75, 3.05) is 23.7 Å². The Balaban J connectivity index is 1.90. The normalized spacial score (nSPS) is 11.0. The Morgan fingerprint density at radius 2 is 1.88 bits per heavy atom. The fourth-order valence-corrected chi connectivity index (χ4v) is 3.67. The first-order valence-corrected chi connectivity index (χ1v) is 9.54. The standard InChI is InChI=1S/C15H17Cl2N7S/c1-3-18-12-20-13(19-4-2)24-14(21-12)22-23-15(24)25-8-9-5-6-10(16)7-11(9)17/h5-7H,3-4,8H2,1-2H3,(H2,18,19,20,21,22). The molecule has 0 radical (unpaired) electrons. The van der Waals surface area contributed by atoms with Gasteiger partial charge in [0.1, 0.15) is 0 Å². The molecule has 0 saturated heterocycles. The molecule has 2 aromatic heterocycles. The number of nitrogens with one attached hydrogen (secondary N) is 2. The van der Waals surface area contributed by atoms with Gasteiger partial charge in [0.25, 0.3) is 5.78 Å². The monoisotopic (exact) mass is 397 g/mol. The predicted octanol–water partition coefficient (Wildman–Crippen LogP) is 3.98. The Hall–Kier alpha value is -1.77. The molecule has 0 fully saturated rings. The van der Waals surface area contributed by atoms with Crippen LogP contribution >= 0.6 is 35.0 Å². The van der Waals surface area contributed by atoms with Crippen molar-refractivity contribution in [2.24, 2.45) is 0 Å². The minimum Gasteiger partial charge on any atom is -0.355 e. The molecule has 0 atom stereocenters. The molecule has 0 spiro atoms. The maximum absolute atomic E-state index is 6.24. The van der Waals surface area contributed by atoms with Gasteiger partial charge in [0.05, 0.1) is 0 Å². The molecular formula is C15H17Cl2N7S. The summed E-state index contributed by atoms with van der Waals surface area (Å²) in [5.41, 5.74) is 0.975. The van der Waals surface area contributed by atoms with Gasteiger partial charge in [-0.1, -0.05) is 41.0 Å². The van der Waals surface area contributed by atoms with Crippen LogP contribution in [0.4, 0.5) is 11.9 Å². The van der Waals surface area contributed by atoms with Gasteiger partial charge in [-0.3, -0.25) is 0 Å². The molecule has 2 heterocycles. The summed E-state index contributed by atoms with van der Waals surface area (Å²) in [5.74, 6) is 2.30. The lowest BCUT2D eigenvalue weighted by Crippen LogP contribution is -2.11. The highest BCUT2D eigenvalue weighted by Gasteiger charge is 2.15. The fourth-order valence-electron chi connectivity index (χ4n) is 2.18. The molecule has 0 aliphatic heterocycles. The van der Waals surface area contributed by atoms with E-state index in [0.29, 0.717) is 38.6 Å². The van der Waals surface area contributed by atoms with Gasteiger partial charge in [-0.15, -0.1) is 10.2 Å². The zero-order valence-electron chi connectivity index (χ0n) is 13.8. The summed E-state index contributed by atoms with van der Waals surface area (Å²) in [4.78, 5) is 8.87. The number of fused-ring (bicyclic) bond motifs is 1. The van der Waals surface area contributed by atoms with Crippen LogP contribution < -0.4 is 10.6 Å². The van der Waals surface area contributed by atoms with Gasteiger partial charge in [-0.2, -0.15) is 9.97 Å². The first-order valence-electron chi connectivity index (χ1n) is 7.80. The van der Waals surface area contributed by atoms with Crippen LogP contribution in [0.3, 0.4) is 0 Å². The molecule has 0 aliphatic carbocycles. The number of anilines is 2. The van der Waals surface area contributed by atoms with Crippen LogP contribution in [0.2, 0.25) is 10.0 Å². The molecule has 3 aromatic rings. The maximum atomic E-state index is 6.24. The van der Waals surface area contributed by atoms with Crippen LogP contribution in [0.15, 0.2) is 23.4 Å². The molecule has 0 bridgehead atoms. The average molecular weight is 398 g/mol. The number of hydrogen-bond acceptors (Lipinski definition) is 7. The van der Waals surface area contributed by atoms with Crippen LogP contribution in [0.5, 0.6) is 0 Å². The van der Waals surface area contributed by atoms with Crippen molar-refractivity contribution >= 4 is 52.6 Å². The second-order valence-electron chi connectivity index (χ2n) is 5.07. The van der Waals surface area contributed by atoms with E-state index in [2.05, 4.69) is 30.8 Å². The molecule has 7 nitrogen and oxygen atoms in total. The second-order valence-corrected chi connectivity index (χ2v) is 6.86. The number of rotatable bonds is 7. The van der Waals surface area contributed by atoms with Crippen molar-refractivity contribution in [3.05, 3.63) is 33.8 Å². The summed E-state index contributed by atoms with van der Waals surface area (Å²) in [6, 6.07) is 5.46. The van der Waals surface area contributed by atoms with E-state index < -0.39 is 0 Å². The Morgan fingerprint density at radius 3 is 2.60 bits per heavy atom. The van der Waals surface area contributed by atoms with Gasteiger partial charge in [-0.25, -0.2) is 4.40 Å². The highest BCUT2D eigenvalue weighted by atomic mass is 35.5. The highest BCUT2D eigenvalue weighted by Crippen LogP contribution is 2.29. The third-order valence-electron chi connectivity index (χ3n) is 3.29. The molecule has 10 heteroatoms. The Kier molecular flexibility index (Phi) is 5.82. The van der Waals surface area contributed by atoms with E-state index >= 15 is 0 Å². The lowest BCUT2D eigenvalue weighted by Gasteiger charge is -2.10. The van der Waals surface area contributed by atoms with Crippen molar-refractivity contribution in [2.45, 2.75) is 24.8 Å². The zero-order chi connectivity index (χ0) is 17.8. The van der Waals surface area contributed by atoms with Gasteiger partial charge >= 0.3 is 0 Å². The van der Waals surface area contributed by atoms with Crippen molar-refractivity contribution in [3.8, 4) is 0 Å². The Bertz CT molecular complexity index is 884. The quantitative estimate of drug-likeness (QED) is 0.583. The van der Waals surface area contributed by atoms with Crippen LogP contribution in [-0.4, -0.2) is 37.7 Å². The molecule has 0 unspecified atom stereocenters. The molecule has 0 saturated carbocycles. The Labute approximate surface area is 159 Å². The summed E-state index contributed by atoms with van der Waals surface area (Å²) in [5, 5.41) is 16.7. The third kappa shape index (κ3) is 4.08. The number of aromatic nitrogens is 5. The van der Waals surface area contributed by atoms with Crippen LogP contribution in [0.1, 0.15) is 19.4 Å². The fraction of sp³-hybridized carbons (Fsp3) is 0.333. The summed E-state index contributed by atoms with van der Waals surface area (Å²) in [6.07, 6.45) is 0. The van der Waals surface area contributed by atoms with E-state index in [1.54, 1.807) is 10.5 Å². The van der Waals surface area contributed by atoms with E-state index in [1.165, 1.54) is 11.8 Å². The lowest BCUT2D eigenvalue weighted by molar-refractivity contribution is 0.887. The highest BCUT2D eigenvalue weighted by molar-refractivity contribution is 7.98. The van der Waals surface area contributed by atoms with Crippen molar-refractivity contribution in [1.29, 1.82) is 0 Å². The molecule has 0 aliphatic rings. The number of benzene rings is 1. The van der Waals surface area contributed by atoms with Crippen molar-refractivity contribution in [1.82, 2.24) is 24.6 Å². The largest absolute Gasteiger partial charge is 0.355 e. The van der Waals surface area contributed by atoms with E-state index in [1.807, 2.05) is 26.0 Å². The molecular weight excluding hydrogens is 381 g/mol. The lowest BCUT2D eigenvalue weighted by atomic mass is 10.2. The molecule has 3 rings (SSSR count). The number of nitrogens with zero attached hydrogens (tertiary/aromatic N) is 5. The van der Waals surface area contributed by atoms with Crippen LogP contribution in [0.25, 0.3) is 5.78 Å². The minimum atomic E-state index is 0.492. The van der Waals surface area contributed by atoms with Crippen LogP contribution in [-0.2, 0) is 5.75 Å². The first-order chi connectivity index (χ1) is 12.1. The number of thioether (sulfide) groups is 1. The van der Waals surface area contributed by atoms with Crippen LogP contribution in [0, 0.1) is 0 Å². The molecule has 132 valence electrons. The van der Waals surface area contributed by atoms with Crippen molar-refractivity contribution in [3.63, 3.8) is 0 Å². The molecule has 25 heavy (non-hydrogen) atoms. The van der Waals surface area contributed by atoms with E-state index in [9.17, 15) is 0 Å². The van der Waals surface area contributed by atoms with E-state index in [4.69, 9.17) is 23.2 Å². The summed E-state index contributed by atoms with van der Waals surface area (Å²) in [6.45, 7) is 5.45. The minimum absolute atomic E-state index is 0.492. The van der Waals surface area contributed by atoms with Gasteiger partial charge < -0.3 is 10.6 Å². The summed E-state index contributed by atoms with van der Waals surface area (Å²) in [7, 11) is 0. The van der Waals surface area contributed by atoms with E-state index in [0.717, 1.165) is 18.7 Å². The first kappa shape index (κ1) is 18.0. The van der Waals surface area contributed by atoms with Gasteiger partial charge in [0.15, 0.2) is 5.16 Å². The average Bonchev–Trinajstić information content (AvgIpc) is 2.98. The van der Waals surface area contributed by atoms with Crippen molar-refractivity contribution < 1.29 is 0 Å². The van der Waals surface area contributed by atoms with E-state index in [-0.39, 0.29) is 0 Å². The molecule has 1 aromatic carbocycles. The molecule has 0 amide bonds. The second kappa shape index (κ2) is 8.07. The SMILES string of the molecule is CCNc1nc(NCC)n2c(SCc3ccc(Cl)cc3Cl)nnc2n1. The number of hydrogen-bond donors (Lipinski definition) is 2. The number of halogens is 2.